The number of rotatable bonds is 4. The van der Waals surface area contributed by atoms with Gasteiger partial charge in [0.05, 0.1) is 19.8 Å². The van der Waals surface area contributed by atoms with Crippen molar-refractivity contribution in [3.8, 4) is 0 Å². The lowest BCUT2D eigenvalue weighted by Gasteiger charge is -2.34. The van der Waals surface area contributed by atoms with Crippen molar-refractivity contribution in [2.75, 3.05) is 19.1 Å². The highest BCUT2D eigenvalue weighted by Gasteiger charge is 2.42. The maximum absolute atomic E-state index is 13.1. The number of hydrogen-bond acceptors (Lipinski definition) is 5. The van der Waals surface area contributed by atoms with Crippen molar-refractivity contribution in [2.24, 2.45) is 0 Å². The van der Waals surface area contributed by atoms with Crippen LogP contribution in [0.1, 0.15) is 23.5 Å². The first-order valence-electron chi connectivity index (χ1n) is 8.93. The van der Waals surface area contributed by atoms with Crippen molar-refractivity contribution < 1.29 is 23.9 Å². The van der Waals surface area contributed by atoms with Crippen molar-refractivity contribution in [1.82, 2.24) is 0 Å². The minimum Gasteiger partial charge on any atom is -0.466 e. The molecule has 29 heavy (non-hydrogen) atoms. The Morgan fingerprint density at radius 3 is 2.10 bits per heavy atom. The fourth-order valence-electron chi connectivity index (χ4n) is 3.37. The van der Waals surface area contributed by atoms with Gasteiger partial charge in [0.15, 0.2) is 0 Å². The maximum atomic E-state index is 13.1. The Balaban J connectivity index is 2.26. The van der Waals surface area contributed by atoms with Crippen LogP contribution in [0.2, 0.25) is 5.02 Å². The summed E-state index contributed by atoms with van der Waals surface area (Å²) in [7, 11) is 2.43. The Bertz CT molecular complexity index is 979. The van der Waals surface area contributed by atoms with Gasteiger partial charge in [-0.25, -0.2) is 9.59 Å². The van der Waals surface area contributed by atoms with Crippen LogP contribution in [0.3, 0.4) is 0 Å². The van der Waals surface area contributed by atoms with E-state index in [1.807, 2.05) is 19.1 Å². The minimum absolute atomic E-state index is 0.0135. The van der Waals surface area contributed by atoms with Crippen LogP contribution in [-0.4, -0.2) is 32.1 Å². The molecule has 0 aliphatic carbocycles. The topological polar surface area (TPSA) is 72.9 Å². The number of anilines is 1. The molecule has 2 aromatic carbocycles. The van der Waals surface area contributed by atoms with E-state index < -0.39 is 17.9 Å². The summed E-state index contributed by atoms with van der Waals surface area (Å²) in [6, 6.07) is 13.8. The Morgan fingerprint density at radius 1 is 0.966 bits per heavy atom. The second-order valence-corrected chi connectivity index (χ2v) is 7.05. The lowest BCUT2D eigenvalue weighted by Crippen LogP contribution is -2.42. The van der Waals surface area contributed by atoms with Crippen LogP contribution in [0, 0.1) is 6.92 Å². The van der Waals surface area contributed by atoms with Gasteiger partial charge >= 0.3 is 11.9 Å². The van der Waals surface area contributed by atoms with E-state index in [2.05, 4.69) is 0 Å². The minimum atomic E-state index is -0.794. The number of carbonyl (C=O) groups is 3. The number of aryl methyl sites for hydroxylation is 1. The zero-order valence-electron chi connectivity index (χ0n) is 16.3. The summed E-state index contributed by atoms with van der Waals surface area (Å²) in [6.07, 6.45) is -0.0135. The number of amides is 1. The molecule has 6 nitrogen and oxygen atoms in total. The van der Waals surface area contributed by atoms with Crippen molar-refractivity contribution in [2.45, 2.75) is 19.3 Å². The number of esters is 2. The molecule has 1 unspecified atom stereocenters. The van der Waals surface area contributed by atoms with E-state index in [-0.39, 0.29) is 23.6 Å². The number of halogens is 1. The second kappa shape index (κ2) is 8.49. The molecule has 0 saturated carbocycles. The van der Waals surface area contributed by atoms with Crippen LogP contribution < -0.4 is 4.90 Å². The molecule has 0 N–H and O–H groups in total. The highest BCUT2D eigenvalue weighted by atomic mass is 35.5. The predicted octanol–water partition coefficient (Wildman–Crippen LogP) is 3.77. The van der Waals surface area contributed by atoms with Gasteiger partial charge in [0.1, 0.15) is 5.70 Å². The molecular weight excluding hydrogens is 394 g/mol. The largest absolute Gasteiger partial charge is 0.466 e. The predicted molar refractivity (Wildman–Crippen MR) is 109 cm³/mol. The normalized spacial score (nSPS) is 16.6. The second-order valence-electron chi connectivity index (χ2n) is 6.62. The molecule has 0 radical (unpaired) electrons. The van der Waals surface area contributed by atoms with Gasteiger partial charge in [-0.15, -0.1) is 0 Å². The van der Waals surface area contributed by atoms with E-state index >= 15 is 0 Å². The fraction of sp³-hybridized carbons (Fsp3) is 0.227. The molecule has 1 aliphatic rings. The first-order chi connectivity index (χ1) is 13.9. The first-order valence-corrected chi connectivity index (χ1v) is 9.31. The molecule has 3 rings (SSSR count). The zero-order valence-corrected chi connectivity index (χ0v) is 17.0. The lowest BCUT2D eigenvalue weighted by atomic mass is 9.83. The smallest absolute Gasteiger partial charge is 0.355 e. The van der Waals surface area contributed by atoms with Gasteiger partial charge in [-0.3, -0.25) is 9.69 Å². The quantitative estimate of drug-likeness (QED) is 0.713. The zero-order chi connectivity index (χ0) is 21.1. The molecule has 150 valence electrons. The molecule has 7 heteroatoms. The van der Waals surface area contributed by atoms with Crippen LogP contribution in [0.4, 0.5) is 5.69 Å². The average molecular weight is 414 g/mol. The Morgan fingerprint density at radius 2 is 1.55 bits per heavy atom. The highest BCUT2D eigenvalue weighted by molar-refractivity contribution is 6.30. The number of hydrogen-bond donors (Lipinski definition) is 0. The van der Waals surface area contributed by atoms with Gasteiger partial charge in [0, 0.05) is 23.0 Å². The summed E-state index contributed by atoms with van der Waals surface area (Å²) in [6.45, 7) is 1.91. The fourth-order valence-corrected chi connectivity index (χ4v) is 3.50. The van der Waals surface area contributed by atoms with Crippen LogP contribution in [-0.2, 0) is 23.9 Å². The van der Waals surface area contributed by atoms with E-state index in [0.29, 0.717) is 16.3 Å². The molecule has 0 fully saturated rings. The maximum Gasteiger partial charge on any atom is 0.355 e. The molecule has 1 atom stereocenters. The Labute approximate surface area is 173 Å². The number of benzene rings is 2. The molecule has 0 aromatic heterocycles. The van der Waals surface area contributed by atoms with E-state index in [1.54, 1.807) is 36.4 Å². The van der Waals surface area contributed by atoms with Gasteiger partial charge in [0.2, 0.25) is 5.91 Å². The lowest BCUT2D eigenvalue weighted by molar-refractivity contribution is -0.140. The monoisotopic (exact) mass is 413 g/mol. The number of methoxy groups -OCH3 is 2. The number of nitrogens with zero attached hydrogens (tertiary/aromatic N) is 1. The molecule has 1 aliphatic heterocycles. The molecule has 1 heterocycles. The molecule has 1 amide bonds. The molecular formula is C22H20ClNO5. The van der Waals surface area contributed by atoms with E-state index in [4.69, 9.17) is 21.1 Å². The highest BCUT2D eigenvalue weighted by Crippen LogP contribution is 2.40. The van der Waals surface area contributed by atoms with Gasteiger partial charge in [-0.05, 0) is 36.8 Å². The molecule has 0 spiro atoms. The summed E-state index contributed by atoms with van der Waals surface area (Å²) < 4.78 is 9.88. The third kappa shape index (κ3) is 4.03. The Hall–Kier alpha value is -3.12. The van der Waals surface area contributed by atoms with Crippen molar-refractivity contribution in [3.63, 3.8) is 0 Å². The summed E-state index contributed by atoms with van der Waals surface area (Å²) >= 11 is 5.97. The van der Waals surface area contributed by atoms with Gasteiger partial charge < -0.3 is 9.47 Å². The summed E-state index contributed by atoms with van der Waals surface area (Å²) in [4.78, 5) is 39.8. The first kappa shape index (κ1) is 20.6. The van der Waals surface area contributed by atoms with Crippen LogP contribution in [0.25, 0.3) is 0 Å². The van der Waals surface area contributed by atoms with Gasteiger partial charge in [-0.2, -0.15) is 0 Å². The van der Waals surface area contributed by atoms with Crippen molar-refractivity contribution in [1.29, 1.82) is 0 Å². The standard InChI is InChI=1S/C22H20ClNO5/c1-13-4-10-16(11-5-13)24-18(25)12-17(14-6-8-15(23)9-7-14)19(21(26)28-2)20(24)22(27)29-3/h4-11,17H,12H2,1-3H3. The number of ether oxygens (including phenoxy) is 2. The third-order valence-corrected chi connectivity index (χ3v) is 5.06. The summed E-state index contributed by atoms with van der Waals surface area (Å²) in [5, 5.41) is 0.522. The van der Waals surface area contributed by atoms with Crippen LogP contribution in [0.5, 0.6) is 0 Å². The summed E-state index contributed by atoms with van der Waals surface area (Å²) in [5.41, 5.74) is 2.07. The van der Waals surface area contributed by atoms with E-state index in [9.17, 15) is 14.4 Å². The number of carbonyl (C=O) groups excluding carboxylic acids is 3. The SMILES string of the molecule is COC(=O)C1=C(C(=O)OC)N(c2ccc(C)cc2)C(=O)CC1c1ccc(Cl)cc1. The molecule has 2 aromatic rings. The Kier molecular flexibility index (Phi) is 6.03. The van der Waals surface area contributed by atoms with Gasteiger partial charge in [-0.1, -0.05) is 41.4 Å². The molecule has 0 bridgehead atoms. The van der Waals surface area contributed by atoms with E-state index in [1.165, 1.54) is 19.1 Å². The third-order valence-electron chi connectivity index (χ3n) is 4.80. The van der Waals surface area contributed by atoms with Crippen molar-refractivity contribution >= 4 is 35.1 Å². The van der Waals surface area contributed by atoms with Crippen molar-refractivity contribution in [3.05, 3.63) is 76.0 Å². The van der Waals surface area contributed by atoms with Crippen LogP contribution in [0.15, 0.2) is 59.8 Å². The average Bonchev–Trinajstić information content (AvgIpc) is 2.73. The van der Waals surface area contributed by atoms with E-state index in [0.717, 1.165) is 5.56 Å². The summed E-state index contributed by atoms with van der Waals surface area (Å²) in [5.74, 6) is -2.49. The van der Waals surface area contributed by atoms with Crippen LogP contribution >= 0.6 is 11.6 Å². The molecule has 0 saturated heterocycles. The van der Waals surface area contributed by atoms with Gasteiger partial charge in [0.25, 0.3) is 0 Å².